The van der Waals surface area contributed by atoms with Crippen LogP contribution < -0.4 is 10.6 Å². The van der Waals surface area contributed by atoms with Gasteiger partial charge in [0.2, 0.25) is 5.91 Å². The molecule has 0 radical (unpaired) electrons. The first kappa shape index (κ1) is 19.2. The summed E-state index contributed by atoms with van der Waals surface area (Å²) >= 11 is 0. The summed E-state index contributed by atoms with van der Waals surface area (Å²) in [6.45, 7) is 0. The average Bonchev–Trinajstić information content (AvgIpc) is 3.16. The summed E-state index contributed by atoms with van der Waals surface area (Å²) in [4.78, 5) is 17.8. The van der Waals surface area contributed by atoms with Crippen molar-refractivity contribution < 1.29 is 4.79 Å². The number of anilines is 1. The summed E-state index contributed by atoms with van der Waals surface area (Å²) in [5, 5.41) is 8.58. The number of benzene rings is 2. The smallest absolute Gasteiger partial charge is 0.231 e. The van der Waals surface area contributed by atoms with E-state index in [1.807, 2.05) is 31.4 Å². The Labute approximate surface area is 171 Å². The zero-order valence-corrected chi connectivity index (χ0v) is 16.9. The molecule has 0 spiro atoms. The lowest BCUT2D eigenvalue weighted by atomic mass is 9.84. The van der Waals surface area contributed by atoms with E-state index in [2.05, 4.69) is 29.2 Å². The van der Waals surface area contributed by atoms with Gasteiger partial charge in [-0.15, -0.1) is 0 Å². The second-order valence-electron chi connectivity index (χ2n) is 8.04. The topological polar surface area (TPSA) is 86.0 Å². The fourth-order valence-electron chi connectivity index (χ4n) is 4.32. The van der Waals surface area contributed by atoms with Crippen molar-refractivity contribution in [1.82, 2.24) is 4.98 Å². The fourth-order valence-corrected chi connectivity index (χ4v) is 4.32. The van der Waals surface area contributed by atoms with Crippen molar-refractivity contribution in [2.24, 2.45) is 5.73 Å². The molecule has 1 saturated carbocycles. The van der Waals surface area contributed by atoms with Gasteiger partial charge in [-0.25, -0.2) is 0 Å². The largest absolute Gasteiger partial charge is 0.384 e. The third-order valence-corrected chi connectivity index (χ3v) is 6.15. The molecule has 0 aliphatic heterocycles. The number of hydrogen-bond donors (Lipinski definition) is 3. The molecule has 4 N–H and O–H groups in total. The van der Waals surface area contributed by atoms with E-state index in [-0.39, 0.29) is 11.7 Å². The van der Waals surface area contributed by atoms with Crippen LogP contribution >= 0.6 is 0 Å². The van der Waals surface area contributed by atoms with E-state index in [0.29, 0.717) is 17.9 Å². The molecule has 5 nitrogen and oxygen atoms in total. The van der Waals surface area contributed by atoms with Gasteiger partial charge in [-0.1, -0.05) is 31.4 Å². The van der Waals surface area contributed by atoms with Gasteiger partial charge in [0.25, 0.3) is 0 Å². The van der Waals surface area contributed by atoms with Crippen molar-refractivity contribution in [3.8, 4) is 0 Å². The SMILES string of the molecule is CN(C(=O)Cc1c[nH]c2ccc(C(=N)N)cc12)c1ccc(C2CCCCC2)cc1. The molecular formula is C24H28N4O. The Morgan fingerprint density at radius 3 is 2.55 bits per heavy atom. The van der Waals surface area contributed by atoms with Crippen LogP contribution in [-0.2, 0) is 11.2 Å². The molecule has 1 fully saturated rings. The lowest BCUT2D eigenvalue weighted by Crippen LogP contribution is -2.27. The Bertz CT molecular complexity index is 1030. The van der Waals surface area contributed by atoms with E-state index in [9.17, 15) is 4.79 Å². The van der Waals surface area contributed by atoms with Gasteiger partial charge in [0.1, 0.15) is 5.84 Å². The number of rotatable bonds is 5. The van der Waals surface area contributed by atoms with E-state index in [1.54, 1.807) is 4.90 Å². The second-order valence-corrected chi connectivity index (χ2v) is 8.04. The van der Waals surface area contributed by atoms with Crippen LogP contribution in [-0.4, -0.2) is 23.8 Å². The number of nitrogens with one attached hydrogen (secondary N) is 2. The normalized spacial score (nSPS) is 14.8. The fraction of sp³-hybridized carbons (Fsp3) is 0.333. The van der Waals surface area contributed by atoms with Crippen molar-refractivity contribution in [1.29, 1.82) is 5.41 Å². The predicted octanol–water partition coefficient (Wildman–Crippen LogP) is 4.71. The van der Waals surface area contributed by atoms with E-state index in [1.165, 1.54) is 37.7 Å². The van der Waals surface area contributed by atoms with E-state index in [0.717, 1.165) is 22.2 Å². The maximum atomic E-state index is 12.9. The van der Waals surface area contributed by atoms with Gasteiger partial charge in [0.15, 0.2) is 0 Å². The van der Waals surface area contributed by atoms with Gasteiger partial charge in [-0.3, -0.25) is 10.2 Å². The minimum Gasteiger partial charge on any atom is -0.384 e. The number of amides is 1. The molecule has 0 unspecified atom stereocenters. The number of nitrogens with zero attached hydrogens (tertiary/aromatic N) is 1. The molecule has 29 heavy (non-hydrogen) atoms. The van der Waals surface area contributed by atoms with Crippen LogP contribution in [0.15, 0.2) is 48.7 Å². The highest BCUT2D eigenvalue weighted by molar-refractivity contribution is 6.01. The summed E-state index contributed by atoms with van der Waals surface area (Å²) < 4.78 is 0. The summed E-state index contributed by atoms with van der Waals surface area (Å²) in [6.07, 6.45) is 8.71. The molecule has 0 bridgehead atoms. The van der Waals surface area contributed by atoms with Gasteiger partial charge < -0.3 is 15.6 Å². The lowest BCUT2D eigenvalue weighted by molar-refractivity contribution is -0.117. The van der Waals surface area contributed by atoms with Crippen molar-refractivity contribution in [2.45, 2.75) is 44.4 Å². The Kier molecular flexibility index (Phi) is 5.38. The van der Waals surface area contributed by atoms with Gasteiger partial charge in [-0.05, 0) is 60.2 Å². The van der Waals surface area contributed by atoms with Crippen LogP contribution in [0, 0.1) is 5.41 Å². The number of H-pyrrole nitrogens is 1. The van der Waals surface area contributed by atoms with E-state index >= 15 is 0 Å². The quantitative estimate of drug-likeness (QED) is 0.437. The van der Waals surface area contributed by atoms with Crippen LogP contribution in [0.1, 0.15) is 54.7 Å². The van der Waals surface area contributed by atoms with Gasteiger partial charge in [0, 0.05) is 35.4 Å². The van der Waals surface area contributed by atoms with Crippen LogP contribution in [0.2, 0.25) is 0 Å². The van der Waals surface area contributed by atoms with Crippen LogP contribution in [0.3, 0.4) is 0 Å². The summed E-state index contributed by atoms with van der Waals surface area (Å²) in [7, 11) is 1.83. The van der Waals surface area contributed by atoms with Gasteiger partial charge in [0.05, 0.1) is 6.42 Å². The molecule has 1 aliphatic carbocycles. The third-order valence-electron chi connectivity index (χ3n) is 6.15. The number of aromatic amines is 1. The first-order valence-corrected chi connectivity index (χ1v) is 10.3. The number of nitrogens with two attached hydrogens (primary N) is 1. The number of hydrogen-bond acceptors (Lipinski definition) is 2. The van der Waals surface area contributed by atoms with Crippen molar-refractivity contribution in [3.05, 3.63) is 65.4 Å². The number of fused-ring (bicyclic) bond motifs is 1. The van der Waals surface area contributed by atoms with Crippen LogP contribution in [0.5, 0.6) is 0 Å². The molecular weight excluding hydrogens is 360 g/mol. The highest BCUT2D eigenvalue weighted by atomic mass is 16.2. The highest BCUT2D eigenvalue weighted by Gasteiger charge is 2.18. The molecule has 0 saturated heterocycles. The summed E-state index contributed by atoms with van der Waals surface area (Å²) in [6, 6.07) is 14.1. The van der Waals surface area contributed by atoms with E-state index < -0.39 is 0 Å². The molecule has 1 aliphatic rings. The summed E-state index contributed by atoms with van der Waals surface area (Å²) in [5.74, 6) is 0.727. The maximum Gasteiger partial charge on any atom is 0.231 e. The second kappa shape index (κ2) is 8.11. The Morgan fingerprint density at radius 1 is 1.14 bits per heavy atom. The molecule has 1 heterocycles. The third kappa shape index (κ3) is 4.04. The zero-order valence-electron chi connectivity index (χ0n) is 16.9. The van der Waals surface area contributed by atoms with Crippen molar-refractivity contribution in [3.63, 3.8) is 0 Å². The molecule has 5 heteroatoms. The average molecular weight is 389 g/mol. The molecule has 1 aromatic heterocycles. The first-order chi connectivity index (χ1) is 14.0. The minimum absolute atomic E-state index is 0.0283. The van der Waals surface area contributed by atoms with Crippen molar-refractivity contribution >= 4 is 28.3 Å². The van der Waals surface area contributed by atoms with Crippen molar-refractivity contribution in [2.75, 3.05) is 11.9 Å². The molecule has 0 atom stereocenters. The predicted molar refractivity (Wildman–Crippen MR) is 119 cm³/mol. The monoisotopic (exact) mass is 388 g/mol. The molecule has 3 aromatic rings. The minimum atomic E-state index is 0.0283. The molecule has 150 valence electrons. The lowest BCUT2D eigenvalue weighted by Gasteiger charge is -2.23. The molecule has 1 amide bonds. The number of nitrogen functional groups attached to an aromatic ring is 1. The number of carbonyl (C=O) groups excluding carboxylic acids is 1. The van der Waals surface area contributed by atoms with Gasteiger partial charge >= 0.3 is 0 Å². The van der Waals surface area contributed by atoms with E-state index in [4.69, 9.17) is 11.1 Å². The maximum absolute atomic E-state index is 12.9. The number of aromatic nitrogens is 1. The van der Waals surface area contributed by atoms with Crippen LogP contribution in [0.25, 0.3) is 10.9 Å². The first-order valence-electron chi connectivity index (χ1n) is 10.3. The van der Waals surface area contributed by atoms with Gasteiger partial charge in [-0.2, -0.15) is 0 Å². The van der Waals surface area contributed by atoms with Crippen LogP contribution in [0.4, 0.5) is 5.69 Å². The molecule has 2 aromatic carbocycles. The zero-order chi connectivity index (χ0) is 20.4. The highest BCUT2D eigenvalue weighted by Crippen LogP contribution is 2.33. The number of likely N-dealkylation sites (N-methyl/N-ethyl adjacent to an activating group) is 1. The number of carbonyl (C=O) groups is 1. The number of amidine groups is 1. The standard InChI is InChI=1S/C24H28N4O/c1-28(20-10-7-17(8-11-20)16-5-3-2-4-6-16)23(29)14-19-15-27-22-12-9-18(24(25)26)13-21(19)22/h7-13,15-16,27H,2-6,14H2,1H3,(H3,25,26). The Morgan fingerprint density at radius 2 is 1.86 bits per heavy atom. The summed E-state index contributed by atoms with van der Waals surface area (Å²) in [5.41, 5.74) is 10.4. The molecule has 4 rings (SSSR count). The Hall–Kier alpha value is -3.08. The Balaban J connectivity index is 1.49.